The van der Waals surface area contributed by atoms with Crippen LogP contribution < -0.4 is 31.1 Å². The van der Waals surface area contributed by atoms with Crippen molar-refractivity contribution >= 4 is 137 Å². The Morgan fingerprint density at radius 1 is 0.198 bits per heavy atom. The van der Waals surface area contributed by atoms with Crippen LogP contribution in [0.3, 0.4) is 0 Å². The third-order valence-corrected chi connectivity index (χ3v) is 27.7. The largest absolute Gasteiger partial charge is 0.310 e. The first-order chi connectivity index (χ1) is 60.0. The van der Waals surface area contributed by atoms with Gasteiger partial charge in [-0.25, -0.2) is 0 Å². The quantitative estimate of drug-likeness (QED) is 0.107. The van der Waals surface area contributed by atoms with Crippen LogP contribution in [0.25, 0.3) is 129 Å². The Bertz CT molecular complexity index is 7020. The molecule has 0 fully saturated rings. The van der Waals surface area contributed by atoms with Crippen LogP contribution in [0.5, 0.6) is 0 Å². The van der Waals surface area contributed by atoms with Gasteiger partial charge in [0.05, 0.1) is 33.9 Å². The molecule has 0 spiro atoms. The molecule has 0 saturated carbocycles. The number of anilines is 9. The number of para-hydroxylation sites is 4. The molecule has 0 unspecified atom stereocenters. The van der Waals surface area contributed by atoms with Crippen molar-refractivity contribution in [3.8, 4) is 89.0 Å². The van der Waals surface area contributed by atoms with E-state index in [1.165, 1.54) is 79.0 Å². The van der Waals surface area contributed by atoms with Crippen LogP contribution in [-0.2, 0) is 5.41 Å². The number of fused-ring (bicyclic) bond motifs is 12. The van der Waals surface area contributed by atoms with Crippen molar-refractivity contribution in [2.24, 2.45) is 0 Å². The zero-order chi connectivity index (χ0) is 79.6. The van der Waals surface area contributed by atoms with E-state index in [9.17, 15) is 0 Å². The fraction of sp³-hybridized carbons (Fsp3) is 0.00870. The molecule has 121 heavy (non-hydrogen) atoms. The van der Waals surface area contributed by atoms with Gasteiger partial charge in [0.1, 0.15) is 0 Å². The van der Waals surface area contributed by atoms with E-state index in [-0.39, 0.29) is 6.71 Å². The molecule has 2 aromatic heterocycles. The molecule has 0 bridgehead atoms. The summed E-state index contributed by atoms with van der Waals surface area (Å²) < 4.78 is 5.01. The molecule has 3 aliphatic heterocycles. The lowest BCUT2D eigenvalue weighted by molar-refractivity contribution is 0.731. The van der Waals surface area contributed by atoms with Crippen LogP contribution >= 0.6 is 22.7 Å². The van der Waals surface area contributed by atoms with E-state index in [0.29, 0.717) is 0 Å². The van der Waals surface area contributed by atoms with Crippen molar-refractivity contribution in [2.45, 2.75) is 5.41 Å². The first kappa shape index (κ1) is 70.3. The molecule has 0 N–H and O–H groups in total. The molecule has 5 heterocycles. The lowest BCUT2D eigenvalue weighted by Crippen LogP contribution is -2.61. The van der Waals surface area contributed by atoms with Gasteiger partial charge in [0.2, 0.25) is 0 Å². The summed E-state index contributed by atoms with van der Waals surface area (Å²) in [6.07, 6.45) is 0. The van der Waals surface area contributed by atoms with E-state index in [4.69, 9.17) is 0 Å². The van der Waals surface area contributed by atoms with E-state index in [1.54, 1.807) is 0 Å². The number of hydrogen-bond acceptors (Lipinski definition) is 5. The molecular weight excluding hydrogens is 1500 g/mol. The van der Waals surface area contributed by atoms with Gasteiger partial charge in [-0.05, 0) is 190 Å². The minimum atomic E-state index is -0.744. The second-order valence-electron chi connectivity index (χ2n) is 32.1. The topological polar surface area (TPSA) is 9.72 Å². The van der Waals surface area contributed by atoms with Crippen molar-refractivity contribution in [3.63, 3.8) is 0 Å². The number of thiophene rings is 2. The van der Waals surface area contributed by atoms with Gasteiger partial charge >= 0.3 is 0 Å². The summed E-state index contributed by atoms with van der Waals surface area (Å²) in [5.74, 6) is 0. The predicted molar refractivity (Wildman–Crippen MR) is 516 cm³/mol. The predicted octanol–water partition coefficient (Wildman–Crippen LogP) is 30.0. The zero-order valence-electron chi connectivity index (χ0n) is 66.0. The molecule has 21 aromatic rings. The average Bonchev–Trinajstić information content (AvgIpc) is 1.47. The van der Waals surface area contributed by atoms with Gasteiger partial charge in [0.15, 0.2) is 0 Å². The number of rotatable bonds is 13. The molecule has 24 rings (SSSR count). The molecule has 0 aliphatic carbocycles. The molecule has 0 atom stereocenters. The van der Waals surface area contributed by atoms with Gasteiger partial charge in [-0.1, -0.05) is 364 Å². The number of nitrogens with zero attached hydrogens (tertiary/aromatic N) is 3. The van der Waals surface area contributed by atoms with Crippen LogP contribution in [0.4, 0.5) is 51.2 Å². The van der Waals surface area contributed by atoms with Gasteiger partial charge in [-0.3, -0.25) is 0 Å². The van der Waals surface area contributed by atoms with Crippen LogP contribution in [0.15, 0.2) is 449 Å². The summed E-state index contributed by atoms with van der Waals surface area (Å²) in [4.78, 5) is 8.15. The summed E-state index contributed by atoms with van der Waals surface area (Å²) in [6.45, 7) is -0.317. The second kappa shape index (κ2) is 28.7. The molecule has 6 heteroatoms. The van der Waals surface area contributed by atoms with Crippen molar-refractivity contribution in [2.75, 3.05) is 14.7 Å². The summed E-state index contributed by atoms with van der Waals surface area (Å²) in [7, 11) is 0. The van der Waals surface area contributed by atoms with Crippen LogP contribution in [0.2, 0.25) is 0 Å². The Balaban J connectivity index is 0.891. The number of hydrogen-bond donors (Lipinski definition) is 0. The average molecular weight is 1570 g/mol. The third kappa shape index (κ3) is 11.4. The Morgan fingerprint density at radius 2 is 0.496 bits per heavy atom. The maximum atomic E-state index is 2.76. The van der Waals surface area contributed by atoms with Crippen molar-refractivity contribution in [3.05, 3.63) is 471 Å². The lowest BCUT2D eigenvalue weighted by Gasteiger charge is -2.48. The Labute approximate surface area is 712 Å². The number of benzene rings is 19. The Kier molecular flexibility index (Phi) is 16.7. The van der Waals surface area contributed by atoms with E-state index in [0.717, 1.165) is 140 Å². The molecule has 564 valence electrons. The molecule has 3 nitrogen and oxygen atoms in total. The molecule has 0 saturated heterocycles. The standard InChI is InChI=1S/C115H74BN3S2/c1-7-33-75(34-8-1)79-41-27-45-83(65-79)90-55-31-56-91(84-46-28-42-80(66-84)76-35-9-2-10-36-76)113(90)118-104-71-96-94-53-19-25-63-108(94)120-110(96)73-100(104)116-101-74-111-97(95-54-20-26-64-109(95)121-111)72-105(101)119(114-92(85-47-29-43-81(67-85)77-37-11-3-12-38-77)57-32-58-93(114)86-48-30-44-82(68-86)78-39-13-4-14-40-78)107-70-89(69-106(118)112(107)116)117-102-61-23-21-59-98(102)115(87-49-15-5-16-50-87,88-51-17-6-18-52-88)99-60-22-24-62-103(99)117/h1-74H. The fourth-order valence-electron chi connectivity index (χ4n) is 20.2. The SMILES string of the molecule is c1ccc(-c2cccc(-c3cccc(-c4cccc(-c5ccccc5)c4)c3N3c4cc5c(cc4B4c6cc7sc8ccccc8c7cc6N(c6c(-c7cccc(-c8ccccc8)c7)cccc6-c6cccc(-c7ccccc7)c6)c6cc(N7c8ccccc8C(c8ccccc8)(c8ccccc8)c8ccccc87)cc3c64)sc3ccccc35)c2)cc1. The Morgan fingerprint density at radius 3 is 0.860 bits per heavy atom. The highest BCUT2D eigenvalue weighted by atomic mass is 32.1. The minimum absolute atomic E-state index is 0.317. The van der Waals surface area contributed by atoms with Crippen molar-refractivity contribution in [1.29, 1.82) is 0 Å². The summed E-state index contributed by atoms with van der Waals surface area (Å²) in [5, 5.41) is 4.94. The van der Waals surface area contributed by atoms with Crippen LogP contribution in [-0.4, -0.2) is 6.71 Å². The van der Waals surface area contributed by atoms with Crippen molar-refractivity contribution in [1.82, 2.24) is 0 Å². The molecule has 19 aromatic carbocycles. The smallest absolute Gasteiger partial charge is 0.252 e. The first-order valence-electron chi connectivity index (χ1n) is 41.7. The lowest BCUT2D eigenvalue weighted by atomic mass is 9.33. The normalized spacial score (nSPS) is 13.0. The summed E-state index contributed by atoms with van der Waals surface area (Å²) in [6, 6.07) is 170. The van der Waals surface area contributed by atoms with Gasteiger partial charge in [0, 0.05) is 85.3 Å². The fourth-order valence-corrected chi connectivity index (χ4v) is 22.5. The van der Waals surface area contributed by atoms with Gasteiger partial charge in [-0.15, -0.1) is 22.7 Å². The van der Waals surface area contributed by atoms with Crippen LogP contribution in [0.1, 0.15) is 22.3 Å². The highest BCUT2D eigenvalue weighted by molar-refractivity contribution is 7.26. The summed E-state index contributed by atoms with van der Waals surface area (Å²) >= 11 is 3.80. The molecule has 0 amide bonds. The molecule has 3 aliphatic rings. The van der Waals surface area contributed by atoms with Gasteiger partial charge in [0.25, 0.3) is 6.71 Å². The monoisotopic (exact) mass is 1570 g/mol. The van der Waals surface area contributed by atoms with E-state index in [1.807, 2.05) is 22.7 Å². The first-order valence-corrected chi connectivity index (χ1v) is 43.3. The minimum Gasteiger partial charge on any atom is -0.310 e. The third-order valence-electron chi connectivity index (χ3n) is 25.5. The van der Waals surface area contributed by atoms with E-state index < -0.39 is 5.41 Å². The maximum absolute atomic E-state index is 2.76. The second-order valence-corrected chi connectivity index (χ2v) is 34.2. The molecular formula is C115H74BN3S2. The van der Waals surface area contributed by atoms with E-state index >= 15 is 0 Å². The van der Waals surface area contributed by atoms with Gasteiger partial charge < -0.3 is 14.7 Å². The van der Waals surface area contributed by atoms with Gasteiger partial charge in [-0.2, -0.15) is 0 Å². The van der Waals surface area contributed by atoms with Crippen LogP contribution in [0, 0.1) is 0 Å². The zero-order valence-corrected chi connectivity index (χ0v) is 67.6. The highest BCUT2D eigenvalue weighted by Crippen LogP contribution is 2.61. The van der Waals surface area contributed by atoms with Crippen molar-refractivity contribution < 1.29 is 0 Å². The summed E-state index contributed by atoms with van der Waals surface area (Å²) in [5.41, 5.74) is 35.6. The van der Waals surface area contributed by atoms with E-state index in [2.05, 4.69) is 464 Å². The highest BCUT2D eigenvalue weighted by Gasteiger charge is 2.50. The maximum Gasteiger partial charge on any atom is 0.252 e. The molecule has 0 radical (unpaired) electrons. The Hall–Kier alpha value is -14.9.